The van der Waals surface area contributed by atoms with Crippen LogP contribution in [0.4, 0.5) is 28.4 Å². The number of nitrogens with one attached hydrogen (secondary N) is 2. The van der Waals surface area contributed by atoms with Crippen LogP contribution in [0.1, 0.15) is 5.56 Å². The molecule has 0 atom stereocenters. The van der Waals surface area contributed by atoms with Crippen molar-refractivity contribution in [2.45, 2.75) is 31.4 Å². The highest BCUT2D eigenvalue weighted by Crippen LogP contribution is 2.47. The maximum atomic E-state index is 12.9. The summed E-state index contributed by atoms with van der Waals surface area (Å²) < 4.78 is 230. The number of azo groups is 1. The van der Waals surface area contributed by atoms with E-state index >= 15 is 0 Å². The highest BCUT2D eigenvalue weighted by atomic mass is 32.3. The van der Waals surface area contributed by atoms with Crippen molar-refractivity contribution in [3.05, 3.63) is 48.0 Å². The number of nitrogens with two attached hydrogens (primary N) is 1. The van der Waals surface area contributed by atoms with E-state index in [4.69, 9.17) is 19.6 Å². The van der Waals surface area contributed by atoms with Crippen LogP contribution in [0.5, 0.6) is 11.5 Å². The van der Waals surface area contributed by atoms with Gasteiger partial charge in [0.05, 0.1) is 58.4 Å². The first-order chi connectivity index (χ1) is 28.6. The molecule has 0 spiro atoms. The number of hydrogen-bond acceptors (Lipinski definition) is 23. The zero-order chi connectivity index (χ0) is 47.9. The van der Waals surface area contributed by atoms with Crippen LogP contribution in [-0.2, 0) is 79.2 Å². The van der Waals surface area contributed by atoms with Crippen molar-refractivity contribution in [3.8, 4) is 11.5 Å². The lowest BCUT2D eigenvalue weighted by Gasteiger charge is -2.20. The molecule has 4 rings (SSSR count). The van der Waals surface area contributed by atoms with Gasteiger partial charge in [0.2, 0.25) is 0 Å². The lowest BCUT2D eigenvalue weighted by Crippen LogP contribution is -2.17. The number of hydrogen-bond donors (Lipinski definition) is 9. The van der Waals surface area contributed by atoms with Crippen molar-refractivity contribution in [2.24, 2.45) is 10.2 Å². The second-order valence-electron chi connectivity index (χ2n) is 12.3. The lowest BCUT2D eigenvalue weighted by molar-refractivity contribution is 0.282. The number of nitrogen functional groups attached to an aromatic ring is 1. The van der Waals surface area contributed by atoms with Crippen LogP contribution in [0.25, 0.3) is 10.8 Å². The molecule has 0 saturated carbocycles. The van der Waals surface area contributed by atoms with Gasteiger partial charge in [-0.2, -0.15) is 42.1 Å². The number of phenolic OH excluding ortho intramolecular Hbond substituents is 1. The monoisotopic (exact) mass is 1030 g/mol. The van der Waals surface area contributed by atoms with Crippen molar-refractivity contribution in [1.82, 2.24) is 0 Å². The molecule has 63 heavy (non-hydrogen) atoms. The third-order valence-corrected chi connectivity index (χ3v) is 15.1. The standard InChI is InChI=1S/C28H31N5O23S7/c1-14-9-18(19(54-2)13-20(14)58(37,38)8-6-56-63(51,52)53)31-33-27-23(61(45,46)47)11-15-10-22(60(42,43)44)26(25(29)24(15)28(27)34)32-30-17-4-3-16(12-21(17)59(39,40)41)57(35,36)7-5-55-62(48,49)50/h3-4,9-13,31,33-34H,5-8,29H2,1-2H3,(H,39,40,41)(H,42,43,44)(H,45,46,47)(H,48,49,50)(H,51,52,53). The summed E-state index contributed by atoms with van der Waals surface area (Å²) in [6.45, 7) is -0.843. The molecule has 0 unspecified atom stereocenters. The number of aromatic hydroxyl groups is 1. The summed E-state index contributed by atoms with van der Waals surface area (Å²) in [6, 6.07) is 4.73. The summed E-state index contributed by atoms with van der Waals surface area (Å²) in [6.07, 6.45) is 0. The summed E-state index contributed by atoms with van der Waals surface area (Å²) in [5, 5.41) is 17.2. The van der Waals surface area contributed by atoms with Crippen molar-refractivity contribution in [1.29, 1.82) is 0 Å². The summed E-state index contributed by atoms with van der Waals surface area (Å²) in [5.74, 6) is -3.59. The van der Waals surface area contributed by atoms with Gasteiger partial charge in [0.1, 0.15) is 37.5 Å². The van der Waals surface area contributed by atoms with E-state index in [0.29, 0.717) is 30.3 Å². The van der Waals surface area contributed by atoms with Crippen LogP contribution in [0.2, 0.25) is 0 Å². The number of nitrogens with zero attached hydrogens (tertiary/aromatic N) is 2. The molecule has 0 aromatic heterocycles. The summed E-state index contributed by atoms with van der Waals surface area (Å²) in [7, 11) is -34.2. The molecule has 0 bridgehead atoms. The van der Waals surface area contributed by atoms with E-state index < -0.39 is 159 Å². The fourth-order valence-corrected chi connectivity index (χ4v) is 10.7. The van der Waals surface area contributed by atoms with Crippen LogP contribution in [-0.4, -0.2) is 119 Å². The largest absolute Gasteiger partial charge is 0.505 e. The van der Waals surface area contributed by atoms with Crippen LogP contribution < -0.4 is 21.3 Å². The summed E-state index contributed by atoms with van der Waals surface area (Å²) in [5.41, 5.74) is 6.74. The SMILES string of the molecule is COc1cc(S(=O)(=O)CCOS(=O)(=O)O)c(C)cc1NNc1c(S(=O)(=O)O)cc2cc(S(=O)(=O)O)c(N=Nc3ccc(S(=O)(=O)CCOS(=O)(=O)O)cc3S(=O)(=O)O)c(N)c2c1O. The van der Waals surface area contributed by atoms with Crippen molar-refractivity contribution >= 4 is 110 Å². The topological polar surface area (TPSA) is 463 Å². The highest BCUT2D eigenvalue weighted by molar-refractivity contribution is 7.92. The van der Waals surface area contributed by atoms with E-state index in [9.17, 15) is 77.7 Å². The van der Waals surface area contributed by atoms with Crippen LogP contribution in [0, 0.1) is 6.92 Å². The minimum atomic E-state index is -5.47. The van der Waals surface area contributed by atoms with E-state index in [2.05, 4.69) is 29.4 Å². The van der Waals surface area contributed by atoms with Gasteiger partial charge < -0.3 is 15.6 Å². The van der Waals surface area contributed by atoms with E-state index in [-0.39, 0.29) is 17.0 Å². The van der Waals surface area contributed by atoms with Gasteiger partial charge in [-0.3, -0.25) is 33.6 Å². The van der Waals surface area contributed by atoms with Gasteiger partial charge in [0, 0.05) is 6.07 Å². The number of sulfone groups is 2. The molecule has 0 radical (unpaired) electrons. The Kier molecular flexibility index (Phi) is 14.5. The fourth-order valence-electron chi connectivity index (χ4n) is 5.35. The Balaban J connectivity index is 1.87. The Morgan fingerprint density at radius 2 is 1.16 bits per heavy atom. The van der Waals surface area contributed by atoms with Crippen LogP contribution in [0.3, 0.4) is 0 Å². The van der Waals surface area contributed by atoms with Crippen LogP contribution in [0.15, 0.2) is 77.2 Å². The van der Waals surface area contributed by atoms with E-state index in [1.54, 1.807) is 0 Å². The number of anilines is 3. The third-order valence-electron chi connectivity index (χ3n) is 8.04. The predicted molar refractivity (Wildman–Crippen MR) is 214 cm³/mol. The molecule has 28 nitrogen and oxygen atoms in total. The normalized spacial score (nSPS) is 13.4. The van der Waals surface area contributed by atoms with Crippen molar-refractivity contribution in [2.75, 3.05) is 48.4 Å². The first kappa shape index (κ1) is 50.8. The van der Waals surface area contributed by atoms with E-state index in [1.807, 2.05) is 0 Å². The zero-order valence-electron chi connectivity index (χ0n) is 31.3. The third kappa shape index (κ3) is 12.4. The Labute approximate surface area is 357 Å². The molecule has 0 saturated heterocycles. The van der Waals surface area contributed by atoms with Gasteiger partial charge in [-0.15, -0.1) is 10.2 Å². The number of rotatable bonds is 19. The molecular formula is C28H31N5O23S7. The lowest BCUT2D eigenvalue weighted by atomic mass is 10.0. The Hall–Kier alpha value is -4.89. The summed E-state index contributed by atoms with van der Waals surface area (Å²) >= 11 is 0. The number of phenols is 1. The first-order valence-corrected chi connectivity index (χ1v) is 26.4. The number of ether oxygens (including phenoxy) is 1. The van der Waals surface area contributed by atoms with Gasteiger partial charge in [-0.25, -0.2) is 25.2 Å². The predicted octanol–water partition coefficient (Wildman–Crippen LogP) is 1.23. The Morgan fingerprint density at radius 3 is 1.67 bits per heavy atom. The van der Waals surface area contributed by atoms with E-state index in [0.717, 1.165) is 19.2 Å². The molecule has 4 aromatic rings. The van der Waals surface area contributed by atoms with Crippen LogP contribution >= 0.6 is 0 Å². The van der Waals surface area contributed by atoms with Gasteiger partial charge in [0.15, 0.2) is 25.4 Å². The molecule has 10 N–H and O–H groups in total. The van der Waals surface area contributed by atoms with Gasteiger partial charge in [0.25, 0.3) is 30.4 Å². The molecule has 0 aliphatic heterocycles. The minimum Gasteiger partial charge on any atom is -0.505 e. The first-order valence-electron chi connectivity index (χ1n) is 16.1. The fraction of sp³-hybridized carbons (Fsp3) is 0.214. The average Bonchev–Trinajstić information content (AvgIpc) is 3.11. The molecule has 35 heteroatoms. The van der Waals surface area contributed by atoms with Gasteiger partial charge in [-0.05, 0) is 54.3 Å². The van der Waals surface area contributed by atoms with Crippen molar-refractivity contribution < 1.29 is 99.9 Å². The molecule has 4 aromatic carbocycles. The number of benzene rings is 4. The second-order valence-corrected chi connectivity index (χ2v) is 22.8. The van der Waals surface area contributed by atoms with Gasteiger partial charge >= 0.3 is 20.8 Å². The number of aryl methyl sites for hydroxylation is 1. The molecular weight excluding hydrogens is 999 g/mol. The van der Waals surface area contributed by atoms with E-state index in [1.165, 1.54) is 6.92 Å². The van der Waals surface area contributed by atoms with Gasteiger partial charge in [-0.1, -0.05) is 0 Å². The zero-order valence-corrected chi connectivity index (χ0v) is 37.0. The summed E-state index contributed by atoms with van der Waals surface area (Å²) in [4.78, 5) is -5.05. The molecule has 0 aliphatic rings. The molecule has 0 aliphatic carbocycles. The maximum Gasteiger partial charge on any atom is 0.397 e. The van der Waals surface area contributed by atoms with Crippen molar-refractivity contribution in [3.63, 3.8) is 0 Å². The molecule has 348 valence electrons. The molecule has 0 fully saturated rings. The highest BCUT2D eigenvalue weighted by Gasteiger charge is 2.29. The second kappa shape index (κ2) is 17.9. The number of hydrazine groups is 1. The molecule has 0 amide bonds. The smallest absolute Gasteiger partial charge is 0.397 e. The maximum absolute atomic E-state index is 12.9. The Bertz CT molecular complexity index is 3360. The Morgan fingerprint density at radius 1 is 0.635 bits per heavy atom. The average molecular weight is 1030 g/mol. The molecule has 0 heterocycles. The quantitative estimate of drug-likeness (QED) is 0.0210. The number of fused-ring (bicyclic) bond motifs is 1. The number of methoxy groups -OCH3 is 1. The minimum absolute atomic E-state index is 0.0413.